The Kier molecular flexibility index (Phi) is 7.11. The molecule has 1 amide bonds. The van der Waals surface area contributed by atoms with E-state index in [2.05, 4.69) is 15.2 Å². The first-order valence-corrected chi connectivity index (χ1v) is 11.1. The molecule has 8 nitrogen and oxygen atoms in total. The summed E-state index contributed by atoms with van der Waals surface area (Å²) in [6.45, 7) is 1.75. The summed E-state index contributed by atoms with van der Waals surface area (Å²) in [6.07, 6.45) is 0. The molecular formula is C23H23N3O5S. The number of ether oxygens (including phenoxy) is 2. The van der Waals surface area contributed by atoms with E-state index in [0.717, 1.165) is 5.56 Å². The fourth-order valence-corrected chi connectivity index (χ4v) is 3.88. The molecule has 3 aromatic rings. The average Bonchev–Trinajstić information content (AvgIpc) is 2.82. The number of nitrogens with one attached hydrogen (secondary N) is 2. The SMILES string of the molecule is COc1ccc(NS(=O)(=O)c2cccc(C(=O)N/N=C(\C)c3ccc(OC)cc3)c2)cc1. The Morgan fingerprint density at radius 1 is 0.844 bits per heavy atom. The van der Waals surface area contributed by atoms with Gasteiger partial charge in [-0.2, -0.15) is 5.10 Å². The Balaban J connectivity index is 1.72. The largest absolute Gasteiger partial charge is 0.497 e. The quantitative estimate of drug-likeness (QED) is 0.400. The van der Waals surface area contributed by atoms with Crippen molar-refractivity contribution in [2.75, 3.05) is 18.9 Å². The first-order chi connectivity index (χ1) is 15.3. The third-order valence-corrected chi connectivity index (χ3v) is 5.96. The number of carbonyl (C=O) groups excluding carboxylic acids is 1. The molecule has 0 atom stereocenters. The van der Waals surface area contributed by atoms with Gasteiger partial charge in [0.15, 0.2) is 0 Å². The molecule has 0 heterocycles. The first-order valence-electron chi connectivity index (χ1n) is 9.58. The molecular weight excluding hydrogens is 430 g/mol. The molecule has 3 aromatic carbocycles. The third-order valence-electron chi connectivity index (χ3n) is 4.58. The second kappa shape index (κ2) is 9.97. The van der Waals surface area contributed by atoms with E-state index < -0.39 is 15.9 Å². The van der Waals surface area contributed by atoms with Crippen LogP contribution in [0.4, 0.5) is 5.69 Å². The predicted molar refractivity (Wildman–Crippen MR) is 123 cm³/mol. The highest BCUT2D eigenvalue weighted by molar-refractivity contribution is 7.92. The van der Waals surface area contributed by atoms with Crippen molar-refractivity contribution in [2.45, 2.75) is 11.8 Å². The van der Waals surface area contributed by atoms with Crippen LogP contribution in [0.3, 0.4) is 0 Å². The zero-order valence-corrected chi connectivity index (χ0v) is 18.6. The van der Waals surface area contributed by atoms with Gasteiger partial charge in [-0.25, -0.2) is 13.8 Å². The van der Waals surface area contributed by atoms with Crippen molar-refractivity contribution >= 4 is 27.3 Å². The zero-order chi connectivity index (χ0) is 23.1. The number of carbonyl (C=O) groups is 1. The number of hydrazone groups is 1. The second-order valence-electron chi connectivity index (χ2n) is 6.73. The minimum Gasteiger partial charge on any atom is -0.497 e. The lowest BCUT2D eigenvalue weighted by atomic mass is 10.1. The lowest BCUT2D eigenvalue weighted by Gasteiger charge is -2.10. The lowest BCUT2D eigenvalue weighted by Crippen LogP contribution is -2.20. The van der Waals surface area contributed by atoms with Gasteiger partial charge in [-0.1, -0.05) is 6.07 Å². The smallest absolute Gasteiger partial charge is 0.271 e. The molecule has 3 rings (SSSR count). The van der Waals surface area contributed by atoms with Crippen LogP contribution in [-0.4, -0.2) is 34.3 Å². The van der Waals surface area contributed by atoms with Gasteiger partial charge in [-0.3, -0.25) is 9.52 Å². The lowest BCUT2D eigenvalue weighted by molar-refractivity contribution is 0.0954. The number of anilines is 1. The molecule has 0 saturated heterocycles. The van der Waals surface area contributed by atoms with E-state index in [4.69, 9.17) is 9.47 Å². The summed E-state index contributed by atoms with van der Waals surface area (Å²) in [5.74, 6) is 0.795. The Morgan fingerprint density at radius 2 is 1.44 bits per heavy atom. The number of methoxy groups -OCH3 is 2. The summed E-state index contributed by atoms with van der Waals surface area (Å²) < 4.78 is 38.1. The predicted octanol–water partition coefficient (Wildman–Crippen LogP) is 3.66. The Labute approximate surface area is 186 Å². The molecule has 2 N–H and O–H groups in total. The van der Waals surface area contributed by atoms with Crippen LogP contribution in [-0.2, 0) is 10.0 Å². The van der Waals surface area contributed by atoms with Gasteiger partial charge in [0.1, 0.15) is 11.5 Å². The molecule has 0 aliphatic heterocycles. The Bertz CT molecular complexity index is 1220. The van der Waals surface area contributed by atoms with Gasteiger partial charge in [-0.15, -0.1) is 0 Å². The number of hydrogen-bond acceptors (Lipinski definition) is 6. The van der Waals surface area contributed by atoms with Crippen LogP contribution >= 0.6 is 0 Å². The Hall–Kier alpha value is -3.85. The van der Waals surface area contributed by atoms with E-state index in [1.807, 2.05) is 12.1 Å². The molecule has 0 aliphatic carbocycles. The van der Waals surface area contributed by atoms with Crippen molar-refractivity contribution in [1.29, 1.82) is 0 Å². The summed E-state index contributed by atoms with van der Waals surface area (Å²) in [5, 5.41) is 4.10. The van der Waals surface area contributed by atoms with Gasteiger partial charge >= 0.3 is 0 Å². The van der Waals surface area contributed by atoms with E-state index in [9.17, 15) is 13.2 Å². The maximum atomic E-state index is 12.7. The van der Waals surface area contributed by atoms with Crippen LogP contribution in [0.25, 0.3) is 0 Å². The van der Waals surface area contributed by atoms with Gasteiger partial charge < -0.3 is 9.47 Å². The number of hydrogen-bond donors (Lipinski definition) is 2. The molecule has 0 unspecified atom stereocenters. The summed E-state index contributed by atoms with van der Waals surface area (Å²) in [5.41, 5.74) is 4.39. The van der Waals surface area contributed by atoms with Crippen LogP contribution in [0, 0.1) is 0 Å². The summed E-state index contributed by atoms with van der Waals surface area (Å²) in [4.78, 5) is 12.5. The van der Waals surface area contributed by atoms with Gasteiger partial charge in [0.2, 0.25) is 0 Å². The summed E-state index contributed by atoms with van der Waals surface area (Å²) in [6, 6.07) is 19.4. The zero-order valence-electron chi connectivity index (χ0n) is 17.8. The standard InChI is InChI=1S/C23H23N3O5S/c1-16(17-7-11-20(30-2)12-8-17)24-25-23(27)18-5-4-6-22(15-18)32(28,29)26-19-9-13-21(31-3)14-10-19/h4-15,26H,1-3H3,(H,25,27)/b24-16+. The molecule has 0 spiro atoms. The second-order valence-corrected chi connectivity index (χ2v) is 8.41. The maximum Gasteiger partial charge on any atom is 0.271 e. The molecule has 0 fully saturated rings. The summed E-state index contributed by atoms with van der Waals surface area (Å²) >= 11 is 0. The normalized spacial score (nSPS) is 11.5. The van der Waals surface area contributed by atoms with Crippen LogP contribution in [0.2, 0.25) is 0 Å². The van der Waals surface area contributed by atoms with Crippen LogP contribution in [0.1, 0.15) is 22.8 Å². The average molecular weight is 454 g/mol. The van der Waals surface area contributed by atoms with Crippen molar-refractivity contribution in [3.05, 3.63) is 83.9 Å². The molecule has 0 aromatic heterocycles. The Morgan fingerprint density at radius 3 is 2.03 bits per heavy atom. The van der Waals surface area contributed by atoms with Crippen molar-refractivity contribution in [1.82, 2.24) is 5.43 Å². The number of rotatable bonds is 8. The van der Waals surface area contributed by atoms with Gasteiger partial charge in [0, 0.05) is 11.3 Å². The van der Waals surface area contributed by atoms with Crippen molar-refractivity contribution in [3.63, 3.8) is 0 Å². The molecule has 0 bridgehead atoms. The number of benzene rings is 3. The fraction of sp³-hybridized carbons (Fsp3) is 0.130. The number of sulfonamides is 1. The molecule has 0 aliphatic rings. The van der Waals surface area contributed by atoms with Crippen molar-refractivity contribution in [3.8, 4) is 11.5 Å². The van der Waals surface area contributed by atoms with E-state index in [1.54, 1.807) is 50.4 Å². The van der Waals surface area contributed by atoms with Crippen LogP contribution < -0.4 is 19.6 Å². The minimum atomic E-state index is -3.89. The maximum absolute atomic E-state index is 12.7. The molecule has 0 radical (unpaired) electrons. The molecule has 32 heavy (non-hydrogen) atoms. The van der Waals surface area contributed by atoms with E-state index in [0.29, 0.717) is 22.9 Å². The van der Waals surface area contributed by atoms with Crippen molar-refractivity contribution in [2.24, 2.45) is 5.10 Å². The van der Waals surface area contributed by atoms with Crippen LogP contribution in [0.5, 0.6) is 11.5 Å². The minimum absolute atomic E-state index is 0.0446. The first kappa shape index (κ1) is 22.8. The number of amides is 1. The van der Waals surface area contributed by atoms with E-state index in [-0.39, 0.29) is 10.5 Å². The molecule has 0 saturated carbocycles. The molecule has 166 valence electrons. The molecule has 9 heteroatoms. The highest BCUT2D eigenvalue weighted by Gasteiger charge is 2.16. The third kappa shape index (κ3) is 5.64. The van der Waals surface area contributed by atoms with E-state index >= 15 is 0 Å². The topological polar surface area (TPSA) is 106 Å². The van der Waals surface area contributed by atoms with Crippen LogP contribution in [0.15, 0.2) is 82.8 Å². The number of nitrogens with zero attached hydrogens (tertiary/aromatic N) is 1. The highest BCUT2D eigenvalue weighted by atomic mass is 32.2. The summed E-state index contributed by atoms with van der Waals surface area (Å²) in [7, 11) is -0.782. The van der Waals surface area contributed by atoms with Gasteiger partial charge in [-0.05, 0) is 79.2 Å². The monoisotopic (exact) mass is 453 g/mol. The van der Waals surface area contributed by atoms with E-state index in [1.165, 1.54) is 31.4 Å². The van der Waals surface area contributed by atoms with Crippen molar-refractivity contribution < 1.29 is 22.7 Å². The fourth-order valence-electron chi connectivity index (χ4n) is 2.77. The highest BCUT2D eigenvalue weighted by Crippen LogP contribution is 2.20. The van der Waals surface area contributed by atoms with Gasteiger partial charge in [0.05, 0.1) is 24.8 Å². The van der Waals surface area contributed by atoms with Gasteiger partial charge in [0.25, 0.3) is 15.9 Å².